The van der Waals surface area contributed by atoms with Gasteiger partial charge in [-0.05, 0) is 44.0 Å². The minimum Gasteiger partial charge on any atom is -0.319 e. The minimum atomic E-state index is -1.20. The Kier molecular flexibility index (Phi) is 4.58. The van der Waals surface area contributed by atoms with E-state index >= 15 is 0 Å². The number of fused-ring (bicyclic) bond motifs is 1. The van der Waals surface area contributed by atoms with Crippen LogP contribution in [0, 0.1) is 13.8 Å². The number of carbonyl (C=O) groups excluding carboxylic acids is 3. The van der Waals surface area contributed by atoms with Crippen LogP contribution in [0.15, 0.2) is 42.5 Å². The summed E-state index contributed by atoms with van der Waals surface area (Å²) in [5, 5.41) is 5.83. The monoisotopic (exact) mass is 408 g/mol. The molecule has 29 heavy (non-hydrogen) atoms. The van der Waals surface area contributed by atoms with Crippen molar-refractivity contribution >= 4 is 44.5 Å². The van der Waals surface area contributed by atoms with Crippen LogP contribution in [-0.2, 0) is 15.1 Å². The third-order valence-corrected chi connectivity index (χ3v) is 5.93. The lowest BCUT2D eigenvalue weighted by Gasteiger charge is -2.22. The smallest absolute Gasteiger partial charge is 0.319 e. The maximum atomic E-state index is 12.9. The molecule has 1 aromatic heterocycles. The summed E-state index contributed by atoms with van der Waals surface area (Å²) in [6.45, 7) is 5.20. The number of nitrogens with one attached hydrogen (secondary N) is 2. The zero-order valence-electron chi connectivity index (χ0n) is 16.3. The number of carbonyl (C=O) groups is 3. The van der Waals surface area contributed by atoms with E-state index in [0.717, 1.165) is 26.2 Å². The molecule has 1 saturated heterocycles. The molecule has 0 aliphatic carbocycles. The molecule has 1 aliphatic heterocycles. The van der Waals surface area contributed by atoms with Crippen LogP contribution in [0.3, 0.4) is 0 Å². The Morgan fingerprint density at radius 1 is 1.14 bits per heavy atom. The van der Waals surface area contributed by atoms with Gasteiger partial charge in [0, 0.05) is 0 Å². The van der Waals surface area contributed by atoms with Crippen LogP contribution in [0.5, 0.6) is 0 Å². The van der Waals surface area contributed by atoms with E-state index < -0.39 is 23.4 Å². The summed E-state index contributed by atoms with van der Waals surface area (Å²) in [5.41, 5.74) is 2.42. The number of thiazole rings is 1. The van der Waals surface area contributed by atoms with Gasteiger partial charge in [0.15, 0.2) is 5.13 Å². The fourth-order valence-electron chi connectivity index (χ4n) is 3.31. The number of rotatable bonds is 4. The second kappa shape index (κ2) is 6.97. The van der Waals surface area contributed by atoms with Crippen LogP contribution in [0.25, 0.3) is 10.2 Å². The Balaban J connectivity index is 1.49. The van der Waals surface area contributed by atoms with Gasteiger partial charge in [-0.15, -0.1) is 0 Å². The van der Waals surface area contributed by atoms with Gasteiger partial charge in [0.1, 0.15) is 12.1 Å². The summed E-state index contributed by atoms with van der Waals surface area (Å²) in [5.74, 6) is -0.932. The maximum Gasteiger partial charge on any atom is 0.325 e. The van der Waals surface area contributed by atoms with Gasteiger partial charge in [0.05, 0.1) is 10.2 Å². The van der Waals surface area contributed by atoms with Crippen molar-refractivity contribution in [2.24, 2.45) is 0 Å². The zero-order chi connectivity index (χ0) is 20.8. The summed E-state index contributed by atoms with van der Waals surface area (Å²) < 4.78 is 0.960. The first-order chi connectivity index (χ1) is 13.8. The number of urea groups is 1. The van der Waals surface area contributed by atoms with Crippen molar-refractivity contribution in [3.63, 3.8) is 0 Å². The molecule has 148 valence electrons. The fourth-order valence-corrected chi connectivity index (χ4v) is 4.29. The van der Waals surface area contributed by atoms with Gasteiger partial charge in [-0.25, -0.2) is 9.78 Å². The first-order valence-corrected chi connectivity index (χ1v) is 9.96. The maximum absolute atomic E-state index is 12.9. The van der Waals surface area contributed by atoms with E-state index in [1.54, 1.807) is 19.1 Å². The molecule has 4 amide bonds. The predicted octanol–water partition coefficient (Wildman–Crippen LogP) is 3.32. The quantitative estimate of drug-likeness (QED) is 0.648. The highest BCUT2D eigenvalue weighted by atomic mass is 32.1. The van der Waals surface area contributed by atoms with Gasteiger partial charge in [-0.1, -0.05) is 47.2 Å². The molecule has 1 fully saturated rings. The van der Waals surface area contributed by atoms with E-state index in [9.17, 15) is 14.4 Å². The number of nitrogens with zero attached hydrogens (tertiary/aromatic N) is 2. The molecule has 7 nitrogen and oxygen atoms in total. The van der Waals surface area contributed by atoms with E-state index in [4.69, 9.17) is 0 Å². The Hall–Kier alpha value is -3.26. The number of hydrogen-bond donors (Lipinski definition) is 2. The normalized spacial score (nSPS) is 18.9. The number of imide groups is 1. The molecule has 0 spiro atoms. The molecule has 1 atom stereocenters. The van der Waals surface area contributed by atoms with Crippen molar-refractivity contribution in [1.29, 1.82) is 0 Å². The number of anilines is 1. The van der Waals surface area contributed by atoms with Crippen molar-refractivity contribution in [2.75, 3.05) is 11.9 Å². The lowest BCUT2D eigenvalue weighted by molar-refractivity contribution is -0.133. The number of benzene rings is 2. The summed E-state index contributed by atoms with van der Waals surface area (Å²) in [6.07, 6.45) is 0. The van der Waals surface area contributed by atoms with Crippen LogP contribution in [0.4, 0.5) is 9.93 Å². The standard InChI is InChI=1S/C21H20N4O3S/c1-12-4-7-14(8-5-12)21(3)18(27)25(20(28)24-21)11-17(26)23-19-22-15-9-6-13(2)10-16(15)29-19/h4-10H,11H2,1-3H3,(H,24,28)(H,22,23,26). The van der Waals surface area contributed by atoms with Gasteiger partial charge in [0.25, 0.3) is 5.91 Å². The van der Waals surface area contributed by atoms with Crippen molar-refractivity contribution in [1.82, 2.24) is 15.2 Å². The van der Waals surface area contributed by atoms with E-state index in [2.05, 4.69) is 15.6 Å². The molecule has 0 radical (unpaired) electrons. The largest absolute Gasteiger partial charge is 0.325 e. The van der Waals surface area contributed by atoms with E-state index in [1.807, 2.05) is 44.2 Å². The van der Waals surface area contributed by atoms with Crippen LogP contribution < -0.4 is 10.6 Å². The Morgan fingerprint density at radius 2 is 1.83 bits per heavy atom. The molecule has 2 aromatic carbocycles. The average molecular weight is 408 g/mol. The second-order valence-corrected chi connectivity index (χ2v) is 8.38. The highest BCUT2D eigenvalue weighted by molar-refractivity contribution is 7.22. The van der Waals surface area contributed by atoms with Gasteiger partial charge in [-0.2, -0.15) is 0 Å². The molecule has 1 aliphatic rings. The molecule has 4 rings (SSSR count). The summed E-state index contributed by atoms with van der Waals surface area (Å²) in [7, 11) is 0. The zero-order valence-corrected chi connectivity index (χ0v) is 17.1. The van der Waals surface area contributed by atoms with Crippen LogP contribution in [0.1, 0.15) is 23.6 Å². The summed E-state index contributed by atoms with van der Waals surface area (Å²) >= 11 is 1.35. The predicted molar refractivity (Wildman–Crippen MR) is 112 cm³/mol. The molecule has 0 bridgehead atoms. The fraction of sp³-hybridized carbons (Fsp3) is 0.238. The number of amides is 4. The van der Waals surface area contributed by atoms with Gasteiger partial charge < -0.3 is 10.6 Å². The lowest BCUT2D eigenvalue weighted by atomic mass is 9.91. The Morgan fingerprint density at radius 3 is 2.55 bits per heavy atom. The Labute approximate surface area is 171 Å². The van der Waals surface area contributed by atoms with E-state index in [-0.39, 0.29) is 6.54 Å². The van der Waals surface area contributed by atoms with Crippen LogP contribution >= 0.6 is 11.3 Å². The molecule has 2 heterocycles. The second-order valence-electron chi connectivity index (χ2n) is 7.35. The van der Waals surface area contributed by atoms with Gasteiger partial charge in [-0.3, -0.25) is 14.5 Å². The van der Waals surface area contributed by atoms with Crippen molar-refractivity contribution in [2.45, 2.75) is 26.3 Å². The minimum absolute atomic E-state index is 0.374. The first kappa shape index (κ1) is 19.1. The molecular weight excluding hydrogens is 388 g/mol. The van der Waals surface area contributed by atoms with Crippen LogP contribution in [-0.4, -0.2) is 34.3 Å². The highest BCUT2D eigenvalue weighted by Gasteiger charge is 2.49. The van der Waals surface area contributed by atoms with E-state index in [0.29, 0.717) is 10.7 Å². The number of aryl methyl sites for hydroxylation is 2. The first-order valence-electron chi connectivity index (χ1n) is 9.14. The average Bonchev–Trinajstić information content (AvgIpc) is 3.15. The highest BCUT2D eigenvalue weighted by Crippen LogP contribution is 2.30. The lowest BCUT2D eigenvalue weighted by Crippen LogP contribution is -2.42. The molecule has 2 N–H and O–H groups in total. The molecule has 1 unspecified atom stereocenters. The number of aromatic nitrogens is 1. The molecule has 8 heteroatoms. The topological polar surface area (TPSA) is 91.4 Å². The molecular formula is C21H20N4O3S. The number of hydrogen-bond acceptors (Lipinski definition) is 5. The SMILES string of the molecule is Cc1ccc(C2(C)NC(=O)N(CC(=O)Nc3nc4ccc(C)cc4s3)C2=O)cc1. The van der Waals surface area contributed by atoms with Crippen molar-refractivity contribution < 1.29 is 14.4 Å². The van der Waals surface area contributed by atoms with Crippen LogP contribution in [0.2, 0.25) is 0 Å². The molecule has 0 saturated carbocycles. The summed E-state index contributed by atoms with van der Waals surface area (Å²) in [4.78, 5) is 43.1. The molecule has 3 aromatic rings. The third kappa shape index (κ3) is 3.47. The summed E-state index contributed by atoms with van der Waals surface area (Å²) in [6, 6.07) is 12.6. The van der Waals surface area contributed by atoms with Crippen molar-refractivity contribution in [3.05, 3.63) is 59.2 Å². The Bertz CT molecular complexity index is 1140. The van der Waals surface area contributed by atoms with E-state index in [1.165, 1.54) is 11.3 Å². The third-order valence-electron chi connectivity index (χ3n) is 5.00. The van der Waals surface area contributed by atoms with Gasteiger partial charge >= 0.3 is 6.03 Å². The van der Waals surface area contributed by atoms with Gasteiger partial charge in [0.2, 0.25) is 5.91 Å². The van der Waals surface area contributed by atoms with Crippen molar-refractivity contribution in [3.8, 4) is 0 Å².